The molecule has 3 aromatic carbocycles. The molecular formula is C28H22N2O2S. The molecule has 1 aliphatic carbocycles. The molecule has 0 unspecified atom stereocenters. The van der Waals surface area contributed by atoms with Gasteiger partial charge >= 0.3 is 0 Å². The number of thiophene rings is 1. The molecule has 33 heavy (non-hydrogen) atoms. The molecular weight excluding hydrogens is 428 g/mol. The Morgan fingerprint density at radius 2 is 1.76 bits per heavy atom. The summed E-state index contributed by atoms with van der Waals surface area (Å²) in [5, 5.41) is 4.71. The van der Waals surface area contributed by atoms with Crippen LogP contribution in [0, 0.1) is 0 Å². The number of ketones is 1. The van der Waals surface area contributed by atoms with Crippen molar-refractivity contribution in [3.63, 3.8) is 0 Å². The molecule has 0 spiro atoms. The number of aromatic nitrogens is 2. The van der Waals surface area contributed by atoms with E-state index < -0.39 is 0 Å². The van der Waals surface area contributed by atoms with Crippen molar-refractivity contribution < 1.29 is 4.79 Å². The summed E-state index contributed by atoms with van der Waals surface area (Å²) in [7, 11) is 0. The van der Waals surface area contributed by atoms with Crippen LogP contribution in [0.4, 0.5) is 0 Å². The van der Waals surface area contributed by atoms with Crippen molar-refractivity contribution >= 4 is 38.1 Å². The number of carbonyl (C=O) groups excluding carboxylic acids is 1. The fraction of sp³-hybridized carbons (Fsp3) is 0.179. The van der Waals surface area contributed by atoms with Crippen LogP contribution in [-0.2, 0) is 19.4 Å². The van der Waals surface area contributed by atoms with E-state index >= 15 is 0 Å². The standard InChI is InChI=1S/C28H22N2O2S/c31-25(23-12-10-19-6-2-4-8-21(19)14-23)15-30-17-29-27-26(28(30)32)24(16-33-27)22-11-9-18-5-1-3-7-20(18)13-22/h2,4,6,8-14,16-17H,1,3,5,7,15H2. The van der Waals surface area contributed by atoms with E-state index in [0.29, 0.717) is 15.8 Å². The molecule has 0 amide bonds. The molecule has 4 nitrogen and oxygen atoms in total. The van der Waals surface area contributed by atoms with Crippen LogP contribution in [0.3, 0.4) is 0 Å². The maximum atomic E-state index is 13.4. The van der Waals surface area contributed by atoms with Crippen molar-refractivity contribution in [2.75, 3.05) is 0 Å². The number of rotatable bonds is 4. The zero-order valence-corrected chi connectivity index (χ0v) is 18.9. The molecule has 0 radical (unpaired) electrons. The normalized spacial score (nSPS) is 13.3. The zero-order valence-electron chi connectivity index (χ0n) is 18.1. The van der Waals surface area contributed by atoms with Crippen molar-refractivity contribution in [2.45, 2.75) is 32.2 Å². The van der Waals surface area contributed by atoms with Gasteiger partial charge in [-0.1, -0.05) is 54.6 Å². The van der Waals surface area contributed by atoms with Gasteiger partial charge in [-0.15, -0.1) is 11.3 Å². The van der Waals surface area contributed by atoms with Crippen LogP contribution in [-0.4, -0.2) is 15.3 Å². The number of fused-ring (bicyclic) bond motifs is 3. The van der Waals surface area contributed by atoms with Gasteiger partial charge in [-0.25, -0.2) is 4.98 Å². The Balaban J connectivity index is 1.37. The highest BCUT2D eigenvalue weighted by Gasteiger charge is 2.17. The first-order valence-electron chi connectivity index (χ1n) is 11.3. The molecule has 2 heterocycles. The largest absolute Gasteiger partial charge is 0.292 e. The van der Waals surface area contributed by atoms with Gasteiger partial charge < -0.3 is 0 Å². The van der Waals surface area contributed by atoms with Gasteiger partial charge in [0.2, 0.25) is 0 Å². The molecule has 0 saturated heterocycles. The van der Waals surface area contributed by atoms with Gasteiger partial charge in [0.05, 0.1) is 18.3 Å². The van der Waals surface area contributed by atoms with Gasteiger partial charge in [-0.2, -0.15) is 0 Å². The van der Waals surface area contributed by atoms with Crippen molar-refractivity contribution in [3.8, 4) is 11.1 Å². The fourth-order valence-corrected chi connectivity index (χ4v) is 5.71. The summed E-state index contributed by atoms with van der Waals surface area (Å²) in [5.41, 5.74) is 5.20. The number of Topliss-reactive ketones (excluding diaryl/α,β-unsaturated/α-hetero) is 1. The Labute approximate surface area is 195 Å². The molecule has 0 N–H and O–H groups in total. The quantitative estimate of drug-likeness (QED) is 0.314. The van der Waals surface area contributed by atoms with Crippen LogP contribution in [0.5, 0.6) is 0 Å². The van der Waals surface area contributed by atoms with Crippen LogP contribution in [0.1, 0.15) is 34.3 Å². The molecule has 2 aromatic heterocycles. The lowest BCUT2D eigenvalue weighted by atomic mass is 9.89. The van der Waals surface area contributed by atoms with Crippen molar-refractivity contribution in [2.24, 2.45) is 0 Å². The average Bonchev–Trinajstić information content (AvgIpc) is 3.30. The van der Waals surface area contributed by atoms with E-state index in [1.807, 2.05) is 47.8 Å². The lowest BCUT2D eigenvalue weighted by Crippen LogP contribution is -2.24. The molecule has 6 rings (SSSR count). The van der Waals surface area contributed by atoms with Crippen LogP contribution in [0.25, 0.3) is 32.1 Å². The van der Waals surface area contributed by atoms with E-state index in [0.717, 1.165) is 34.7 Å². The van der Waals surface area contributed by atoms with Crippen LogP contribution < -0.4 is 5.56 Å². The minimum absolute atomic E-state index is 0.0282. The van der Waals surface area contributed by atoms with Crippen molar-refractivity contribution in [3.05, 3.63) is 99.4 Å². The highest BCUT2D eigenvalue weighted by molar-refractivity contribution is 7.17. The summed E-state index contributed by atoms with van der Waals surface area (Å²) in [6.45, 7) is -0.0282. The molecule has 5 aromatic rings. The number of benzene rings is 3. The Kier molecular flexibility index (Phi) is 4.92. The zero-order chi connectivity index (χ0) is 22.4. The maximum absolute atomic E-state index is 13.4. The SMILES string of the molecule is O=C(Cn1cnc2scc(-c3ccc4c(c3)CCCC4)c2c1=O)c1ccc2ccccc2c1. The third-order valence-corrected chi connectivity index (χ3v) is 7.49. The summed E-state index contributed by atoms with van der Waals surface area (Å²) in [6.07, 6.45) is 6.18. The van der Waals surface area contributed by atoms with Gasteiger partial charge in [-0.05, 0) is 59.2 Å². The second-order valence-corrected chi connectivity index (χ2v) is 9.54. The van der Waals surface area contributed by atoms with Gasteiger partial charge in [0.15, 0.2) is 5.78 Å². The van der Waals surface area contributed by atoms with E-state index in [2.05, 4.69) is 23.2 Å². The summed E-state index contributed by atoms with van der Waals surface area (Å²) < 4.78 is 1.44. The second-order valence-electron chi connectivity index (χ2n) is 8.68. The average molecular weight is 451 g/mol. The van der Waals surface area contributed by atoms with E-state index in [1.165, 1.54) is 46.2 Å². The minimum atomic E-state index is -0.164. The van der Waals surface area contributed by atoms with Gasteiger partial charge in [0, 0.05) is 16.5 Å². The molecule has 0 bridgehead atoms. The smallest absolute Gasteiger partial charge is 0.263 e. The van der Waals surface area contributed by atoms with E-state index in [9.17, 15) is 9.59 Å². The van der Waals surface area contributed by atoms with Crippen LogP contribution >= 0.6 is 11.3 Å². The predicted octanol–water partition coefficient (Wildman–Crippen LogP) is 6.04. The summed E-state index contributed by atoms with van der Waals surface area (Å²) in [6, 6.07) is 20.1. The summed E-state index contributed by atoms with van der Waals surface area (Å²) in [5.74, 6) is -0.102. The Hall–Kier alpha value is -3.57. The van der Waals surface area contributed by atoms with Crippen LogP contribution in [0.15, 0.2) is 77.2 Å². The lowest BCUT2D eigenvalue weighted by Gasteiger charge is -2.16. The maximum Gasteiger partial charge on any atom is 0.263 e. The van der Waals surface area contributed by atoms with E-state index in [-0.39, 0.29) is 17.9 Å². The molecule has 1 aliphatic rings. The minimum Gasteiger partial charge on any atom is -0.292 e. The van der Waals surface area contributed by atoms with E-state index in [4.69, 9.17) is 0 Å². The first-order valence-corrected chi connectivity index (χ1v) is 12.2. The third kappa shape index (κ3) is 3.58. The number of hydrogen-bond donors (Lipinski definition) is 0. The van der Waals surface area contributed by atoms with Gasteiger partial charge in [-0.3, -0.25) is 14.2 Å². The first-order chi connectivity index (χ1) is 16.2. The number of nitrogens with zero attached hydrogens (tertiary/aromatic N) is 2. The summed E-state index contributed by atoms with van der Waals surface area (Å²) >= 11 is 1.48. The molecule has 5 heteroatoms. The second kappa shape index (κ2) is 8.09. The molecule has 0 atom stereocenters. The molecule has 0 aliphatic heterocycles. The van der Waals surface area contributed by atoms with Gasteiger partial charge in [0.1, 0.15) is 4.83 Å². The fourth-order valence-electron chi connectivity index (χ4n) is 4.80. The Morgan fingerprint density at radius 1 is 0.939 bits per heavy atom. The number of aryl methyl sites for hydroxylation is 2. The Bertz CT molecular complexity index is 1600. The monoisotopic (exact) mass is 450 g/mol. The summed E-state index contributed by atoms with van der Waals surface area (Å²) in [4.78, 5) is 31.7. The molecule has 162 valence electrons. The molecule has 0 saturated carbocycles. The van der Waals surface area contributed by atoms with Gasteiger partial charge in [0.25, 0.3) is 5.56 Å². The van der Waals surface area contributed by atoms with Crippen LogP contribution in [0.2, 0.25) is 0 Å². The predicted molar refractivity (Wildman–Crippen MR) is 134 cm³/mol. The third-order valence-electron chi connectivity index (χ3n) is 6.61. The topological polar surface area (TPSA) is 52.0 Å². The highest BCUT2D eigenvalue weighted by atomic mass is 32.1. The first kappa shape index (κ1) is 20.1. The lowest BCUT2D eigenvalue weighted by molar-refractivity contribution is 0.0971. The Morgan fingerprint density at radius 3 is 2.64 bits per heavy atom. The van der Waals surface area contributed by atoms with Crippen molar-refractivity contribution in [1.82, 2.24) is 9.55 Å². The molecule has 0 fully saturated rings. The van der Waals surface area contributed by atoms with E-state index in [1.54, 1.807) is 0 Å². The number of carbonyl (C=O) groups is 1. The highest BCUT2D eigenvalue weighted by Crippen LogP contribution is 2.33. The number of hydrogen-bond acceptors (Lipinski definition) is 4. The van der Waals surface area contributed by atoms with Crippen molar-refractivity contribution in [1.29, 1.82) is 0 Å².